The van der Waals surface area contributed by atoms with Gasteiger partial charge in [0.15, 0.2) is 0 Å². The van der Waals surface area contributed by atoms with Crippen LogP contribution < -0.4 is 0 Å². The van der Waals surface area contributed by atoms with Crippen molar-refractivity contribution in [1.82, 2.24) is 10.0 Å². The van der Waals surface area contributed by atoms with Crippen molar-refractivity contribution < 1.29 is 29.4 Å². The average molecular weight is 575 g/mol. The van der Waals surface area contributed by atoms with Crippen LogP contribution in [0.25, 0.3) is 0 Å². The van der Waals surface area contributed by atoms with Gasteiger partial charge in [0.05, 0.1) is 25.9 Å². The summed E-state index contributed by atoms with van der Waals surface area (Å²) in [5.41, 5.74) is 0. The highest BCUT2D eigenvalue weighted by Gasteiger charge is 2.27. The summed E-state index contributed by atoms with van der Waals surface area (Å²) in [6, 6.07) is 0. The second-order valence-corrected chi connectivity index (χ2v) is 12.3. The van der Waals surface area contributed by atoms with Crippen LogP contribution in [0.5, 0.6) is 0 Å². The maximum atomic E-state index is 13.0. The summed E-state index contributed by atoms with van der Waals surface area (Å²) in [5.74, 6) is -2.20. The molecule has 0 aliphatic carbocycles. The van der Waals surface area contributed by atoms with Gasteiger partial charge in [-0.15, -0.1) is 0 Å². The van der Waals surface area contributed by atoms with Crippen LogP contribution in [0, 0.1) is 0 Å². The molecule has 0 fully saturated rings. The normalized spacial score (nSPS) is 14.7. The van der Waals surface area contributed by atoms with E-state index in [4.69, 9.17) is 10.2 Å². The lowest BCUT2D eigenvalue weighted by Gasteiger charge is -2.34. The standard InChI is InChI=1S/C22H30N4O6S4/c27-19(9-15-33-35-17-5-1-3-11-23-17)25(13-7-21(29)30)26(14-8-22(31)32)20(28)10-16-34-36-18-6-2-4-12-24-18/h1-2,5-6H,3-4,7-16H2,(H,29,30)(H,31,32). The zero-order chi connectivity index (χ0) is 26.2. The maximum absolute atomic E-state index is 13.0. The van der Waals surface area contributed by atoms with Gasteiger partial charge < -0.3 is 10.2 Å². The third-order valence-electron chi connectivity index (χ3n) is 4.68. The van der Waals surface area contributed by atoms with Crippen molar-refractivity contribution in [1.29, 1.82) is 0 Å². The van der Waals surface area contributed by atoms with Crippen molar-refractivity contribution in [2.75, 3.05) is 37.7 Å². The molecule has 0 unspecified atom stereocenters. The summed E-state index contributed by atoms with van der Waals surface area (Å²) in [6.45, 7) is 1.06. The highest BCUT2D eigenvalue weighted by atomic mass is 33.1. The first kappa shape index (κ1) is 30.3. The Morgan fingerprint density at radius 2 is 1.14 bits per heavy atom. The molecule has 0 aromatic heterocycles. The molecule has 0 aromatic rings. The van der Waals surface area contributed by atoms with Gasteiger partial charge in [-0.3, -0.25) is 39.2 Å². The Hall–Kier alpha value is -1.90. The van der Waals surface area contributed by atoms with E-state index in [9.17, 15) is 19.2 Å². The van der Waals surface area contributed by atoms with Crippen molar-refractivity contribution in [2.24, 2.45) is 9.98 Å². The third kappa shape index (κ3) is 12.4. The minimum atomic E-state index is -1.11. The number of carbonyl (C=O) groups is 4. The Kier molecular flexibility index (Phi) is 14.8. The predicted molar refractivity (Wildman–Crippen MR) is 149 cm³/mol. The summed E-state index contributed by atoms with van der Waals surface area (Å²) in [7, 11) is 5.82. The van der Waals surface area contributed by atoms with Crippen molar-refractivity contribution in [2.45, 2.75) is 38.5 Å². The molecular weight excluding hydrogens is 545 g/mol. The molecule has 0 atom stereocenters. The number of hydrogen-bond acceptors (Lipinski definition) is 10. The maximum Gasteiger partial charge on any atom is 0.305 e. The Morgan fingerprint density at radius 3 is 1.47 bits per heavy atom. The van der Waals surface area contributed by atoms with Gasteiger partial charge in [-0.25, -0.2) is 0 Å². The first-order valence-electron chi connectivity index (χ1n) is 11.4. The number of hydrogen-bond donors (Lipinski definition) is 2. The number of carbonyl (C=O) groups excluding carboxylic acids is 2. The molecule has 2 aliphatic heterocycles. The van der Waals surface area contributed by atoms with Crippen LogP contribution in [0.4, 0.5) is 0 Å². The lowest BCUT2D eigenvalue weighted by atomic mass is 10.3. The van der Waals surface area contributed by atoms with Crippen LogP contribution in [-0.2, 0) is 19.2 Å². The minimum Gasteiger partial charge on any atom is -0.481 e. The van der Waals surface area contributed by atoms with Gasteiger partial charge in [0, 0.05) is 37.4 Å². The number of hydrazine groups is 1. The number of nitrogens with zero attached hydrogens (tertiary/aromatic N) is 4. The van der Waals surface area contributed by atoms with Crippen LogP contribution in [0.15, 0.2) is 34.3 Å². The molecule has 0 spiro atoms. The molecule has 0 saturated heterocycles. The molecule has 2 amide bonds. The van der Waals surface area contributed by atoms with E-state index in [1.165, 1.54) is 43.2 Å². The lowest BCUT2D eigenvalue weighted by molar-refractivity contribution is -0.166. The van der Waals surface area contributed by atoms with Gasteiger partial charge in [0.25, 0.3) is 0 Å². The summed E-state index contributed by atoms with van der Waals surface area (Å²) in [4.78, 5) is 57.2. The smallest absolute Gasteiger partial charge is 0.305 e. The van der Waals surface area contributed by atoms with E-state index in [1.807, 2.05) is 24.3 Å². The first-order valence-corrected chi connectivity index (χ1v) is 16.1. The summed E-state index contributed by atoms with van der Waals surface area (Å²) < 4.78 is 0. The number of aliphatic carboxylic acids is 2. The molecule has 36 heavy (non-hydrogen) atoms. The highest BCUT2D eigenvalue weighted by Crippen LogP contribution is 2.27. The molecule has 0 saturated carbocycles. The second-order valence-electron chi connectivity index (χ2n) is 7.45. The number of rotatable bonds is 14. The molecule has 0 aromatic carbocycles. The number of dihydropyridines is 2. The number of amides is 2. The molecule has 2 rings (SSSR count). The summed E-state index contributed by atoms with van der Waals surface area (Å²) >= 11 is 0. The van der Waals surface area contributed by atoms with Gasteiger partial charge in [0.1, 0.15) is 10.1 Å². The fourth-order valence-corrected chi connectivity index (χ4v) is 6.85. The second kappa shape index (κ2) is 17.5. The van der Waals surface area contributed by atoms with E-state index in [0.717, 1.165) is 46.0 Å². The van der Waals surface area contributed by atoms with E-state index in [2.05, 4.69) is 9.98 Å². The quantitative estimate of drug-likeness (QED) is 0.179. The Labute approximate surface area is 226 Å². The fraction of sp³-hybridized carbons (Fsp3) is 0.545. The molecule has 0 radical (unpaired) electrons. The third-order valence-corrected chi connectivity index (χ3v) is 9.26. The Bertz CT molecular complexity index is 837. The SMILES string of the molecule is O=C(O)CCN(C(=O)CCSSC1=NCCC=C1)N(CCC(=O)O)C(=O)CCSSC1=NCCC=C1. The molecule has 2 N–H and O–H groups in total. The first-order chi connectivity index (χ1) is 17.4. The Morgan fingerprint density at radius 1 is 0.722 bits per heavy atom. The van der Waals surface area contributed by atoms with Crippen molar-refractivity contribution in [3.63, 3.8) is 0 Å². The summed E-state index contributed by atoms with van der Waals surface area (Å²) in [5, 5.41) is 22.3. The van der Waals surface area contributed by atoms with Crippen LogP contribution >= 0.6 is 43.2 Å². The van der Waals surface area contributed by atoms with E-state index in [-0.39, 0.29) is 38.8 Å². The average Bonchev–Trinajstić information content (AvgIpc) is 2.87. The van der Waals surface area contributed by atoms with Crippen molar-refractivity contribution >= 4 is 77.0 Å². The van der Waals surface area contributed by atoms with Crippen LogP contribution in [0.3, 0.4) is 0 Å². The molecule has 14 heteroatoms. The zero-order valence-corrected chi connectivity index (χ0v) is 23.0. The monoisotopic (exact) mass is 574 g/mol. The lowest BCUT2D eigenvalue weighted by Crippen LogP contribution is -2.51. The number of carboxylic acid groups (broad SMARTS) is 2. The topological polar surface area (TPSA) is 140 Å². The van der Waals surface area contributed by atoms with Crippen LogP contribution in [0.2, 0.25) is 0 Å². The van der Waals surface area contributed by atoms with E-state index in [1.54, 1.807) is 0 Å². The van der Waals surface area contributed by atoms with E-state index >= 15 is 0 Å². The number of carboxylic acids is 2. The van der Waals surface area contributed by atoms with Crippen LogP contribution in [0.1, 0.15) is 38.5 Å². The molecule has 2 heterocycles. The zero-order valence-electron chi connectivity index (χ0n) is 19.7. The molecular formula is C22H30N4O6S4. The Balaban J connectivity index is 1.95. The van der Waals surface area contributed by atoms with Gasteiger partial charge in [-0.1, -0.05) is 33.7 Å². The molecule has 0 bridgehead atoms. The van der Waals surface area contributed by atoms with E-state index in [0.29, 0.717) is 11.5 Å². The largest absolute Gasteiger partial charge is 0.481 e. The summed E-state index contributed by atoms with van der Waals surface area (Å²) in [6.07, 6.45) is 9.19. The van der Waals surface area contributed by atoms with Crippen molar-refractivity contribution in [3.8, 4) is 0 Å². The predicted octanol–water partition coefficient (Wildman–Crippen LogP) is 3.77. The van der Waals surface area contributed by atoms with Gasteiger partial charge in [0.2, 0.25) is 11.8 Å². The van der Waals surface area contributed by atoms with Crippen molar-refractivity contribution in [3.05, 3.63) is 24.3 Å². The van der Waals surface area contributed by atoms with Crippen LogP contribution in [-0.4, -0.2) is 91.8 Å². The van der Waals surface area contributed by atoms with E-state index < -0.39 is 23.8 Å². The van der Waals surface area contributed by atoms with Gasteiger partial charge in [-0.2, -0.15) is 0 Å². The fourth-order valence-electron chi connectivity index (χ4n) is 2.96. The molecule has 2 aliphatic rings. The molecule has 10 nitrogen and oxygen atoms in total. The highest BCUT2D eigenvalue weighted by molar-refractivity contribution is 8.82. The number of aliphatic imine (C=N–C) groups is 2. The minimum absolute atomic E-state index is 0.0713. The molecule has 198 valence electrons. The van der Waals surface area contributed by atoms with Gasteiger partial charge in [-0.05, 0) is 46.6 Å². The van der Waals surface area contributed by atoms with Gasteiger partial charge >= 0.3 is 11.9 Å².